The van der Waals surface area contributed by atoms with Crippen LogP contribution in [0.1, 0.15) is 53.4 Å². The summed E-state index contributed by atoms with van der Waals surface area (Å²) in [5.41, 5.74) is -0.893. The third kappa shape index (κ3) is 4.20. The molecule has 0 saturated heterocycles. The fourth-order valence-corrected chi connectivity index (χ4v) is 1.91. The van der Waals surface area contributed by atoms with Gasteiger partial charge in [-0.05, 0) is 26.7 Å². The molecule has 0 aromatic rings. The zero-order valence-electron chi connectivity index (χ0n) is 10.4. The summed E-state index contributed by atoms with van der Waals surface area (Å²) in [5.74, 6) is -0.723. The smallest absolute Gasteiger partial charge is 0.311 e. The summed E-state index contributed by atoms with van der Waals surface area (Å²) in [5, 5.41) is 10.4. The molecule has 0 spiro atoms. The van der Waals surface area contributed by atoms with E-state index in [1.165, 1.54) is 0 Å². The van der Waals surface area contributed by atoms with Crippen molar-refractivity contribution in [2.24, 2.45) is 5.92 Å². The van der Waals surface area contributed by atoms with E-state index in [4.69, 9.17) is 4.74 Å². The van der Waals surface area contributed by atoms with Crippen LogP contribution in [0.2, 0.25) is 0 Å². The van der Waals surface area contributed by atoms with E-state index in [1.54, 1.807) is 13.8 Å². The summed E-state index contributed by atoms with van der Waals surface area (Å²) >= 11 is 0. The van der Waals surface area contributed by atoms with Crippen LogP contribution in [-0.2, 0) is 9.53 Å². The Labute approximate surface area is 92.8 Å². The molecule has 0 aliphatic carbocycles. The third-order valence-electron chi connectivity index (χ3n) is 2.81. The number of carbonyl (C=O) groups is 1. The fraction of sp³-hybridized carbons (Fsp3) is 0.917. The van der Waals surface area contributed by atoms with E-state index in [1.807, 2.05) is 13.8 Å². The molecule has 1 N–H and O–H groups in total. The van der Waals surface area contributed by atoms with Crippen LogP contribution in [0.25, 0.3) is 0 Å². The van der Waals surface area contributed by atoms with Gasteiger partial charge in [0.2, 0.25) is 0 Å². The molecule has 90 valence electrons. The van der Waals surface area contributed by atoms with Gasteiger partial charge in [-0.2, -0.15) is 0 Å². The molecular formula is C12H24O3. The van der Waals surface area contributed by atoms with Gasteiger partial charge in [0.05, 0.1) is 18.1 Å². The number of rotatable bonds is 7. The maximum absolute atomic E-state index is 11.6. The molecule has 0 radical (unpaired) electrons. The first kappa shape index (κ1) is 14.4. The summed E-state index contributed by atoms with van der Waals surface area (Å²) in [6.45, 7) is 7.93. The van der Waals surface area contributed by atoms with Gasteiger partial charge in [-0.15, -0.1) is 0 Å². The lowest BCUT2D eigenvalue weighted by molar-refractivity contribution is -0.158. The molecule has 3 heteroatoms. The SMILES string of the molecule is CCCC(O)(CCC)C(C)C(=O)OCC. The number of ether oxygens (including phenoxy) is 1. The van der Waals surface area contributed by atoms with Crippen LogP contribution in [0.4, 0.5) is 0 Å². The molecule has 0 heterocycles. The maximum Gasteiger partial charge on any atom is 0.311 e. The van der Waals surface area contributed by atoms with Gasteiger partial charge >= 0.3 is 5.97 Å². The normalized spacial score (nSPS) is 13.7. The van der Waals surface area contributed by atoms with Crippen molar-refractivity contribution in [2.75, 3.05) is 6.61 Å². The number of hydrogen-bond acceptors (Lipinski definition) is 3. The van der Waals surface area contributed by atoms with E-state index >= 15 is 0 Å². The molecule has 0 rings (SSSR count). The predicted molar refractivity (Wildman–Crippen MR) is 60.6 cm³/mol. The number of hydrogen-bond donors (Lipinski definition) is 1. The van der Waals surface area contributed by atoms with Gasteiger partial charge in [0.15, 0.2) is 0 Å². The second-order valence-electron chi connectivity index (χ2n) is 4.08. The first-order chi connectivity index (χ1) is 7.01. The van der Waals surface area contributed by atoms with Gasteiger partial charge < -0.3 is 9.84 Å². The summed E-state index contributed by atoms with van der Waals surface area (Å²) in [4.78, 5) is 11.6. The van der Waals surface area contributed by atoms with Crippen LogP contribution in [0, 0.1) is 5.92 Å². The summed E-state index contributed by atoms with van der Waals surface area (Å²) in [6.07, 6.45) is 3.06. The maximum atomic E-state index is 11.6. The van der Waals surface area contributed by atoms with Gasteiger partial charge in [0, 0.05) is 0 Å². The minimum absolute atomic E-state index is 0.290. The van der Waals surface area contributed by atoms with Crippen molar-refractivity contribution in [1.82, 2.24) is 0 Å². The lowest BCUT2D eigenvalue weighted by Crippen LogP contribution is -2.41. The quantitative estimate of drug-likeness (QED) is 0.665. The van der Waals surface area contributed by atoms with Crippen molar-refractivity contribution < 1.29 is 14.6 Å². The molecule has 0 aromatic carbocycles. The van der Waals surface area contributed by atoms with Crippen LogP contribution in [0.3, 0.4) is 0 Å². The molecule has 0 aliphatic heterocycles. The van der Waals surface area contributed by atoms with Crippen molar-refractivity contribution in [3.63, 3.8) is 0 Å². The van der Waals surface area contributed by atoms with Gasteiger partial charge in [0.25, 0.3) is 0 Å². The van der Waals surface area contributed by atoms with Gasteiger partial charge in [-0.3, -0.25) is 4.79 Å². The lowest BCUT2D eigenvalue weighted by Gasteiger charge is -2.32. The van der Waals surface area contributed by atoms with Gasteiger partial charge in [0.1, 0.15) is 0 Å². The summed E-state index contributed by atoms with van der Waals surface area (Å²) in [7, 11) is 0. The average Bonchev–Trinajstić information content (AvgIpc) is 2.17. The highest BCUT2D eigenvalue weighted by molar-refractivity contribution is 5.73. The number of aliphatic hydroxyl groups is 1. The summed E-state index contributed by atoms with van der Waals surface area (Å²) < 4.78 is 4.94. The monoisotopic (exact) mass is 216 g/mol. The predicted octanol–water partition coefficient (Wildman–Crippen LogP) is 2.52. The summed E-state index contributed by atoms with van der Waals surface area (Å²) in [6, 6.07) is 0. The van der Waals surface area contributed by atoms with Crippen LogP contribution in [-0.4, -0.2) is 23.3 Å². The van der Waals surface area contributed by atoms with E-state index in [9.17, 15) is 9.90 Å². The molecule has 0 amide bonds. The van der Waals surface area contributed by atoms with E-state index in [0.29, 0.717) is 19.4 Å². The molecule has 0 aliphatic rings. The molecule has 15 heavy (non-hydrogen) atoms. The largest absolute Gasteiger partial charge is 0.466 e. The Morgan fingerprint density at radius 1 is 1.27 bits per heavy atom. The average molecular weight is 216 g/mol. The minimum Gasteiger partial charge on any atom is -0.466 e. The molecule has 0 aromatic heterocycles. The topological polar surface area (TPSA) is 46.5 Å². The van der Waals surface area contributed by atoms with Crippen LogP contribution < -0.4 is 0 Å². The highest BCUT2D eigenvalue weighted by Gasteiger charge is 2.37. The van der Waals surface area contributed by atoms with Crippen molar-refractivity contribution >= 4 is 5.97 Å². The molecule has 0 saturated carbocycles. The van der Waals surface area contributed by atoms with Gasteiger partial charge in [-0.1, -0.05) is 26.7 Å². The van der Waals surface area contributed by atoms with Crippen molar-refractivity contribution in [3.05, 3.63) is 0 Å². The molecule has 0 bridgehead atoms. The van der Waals surface area contributed by atoms with E-state index in [0.717, 1.165) is 12.8 Å². The standard InChI is InChI=1S/C12H24O3/c1-5-8-12(14,9-6-2)10(4)11(13)15-7-3/h10,14H,5-9H2,1-4H3. The second kappa shape index (κ2) is 6.83. The fourth-order valence-electron chi connectivity index (χ4n) is 1.91. The Balaban J connectivity index is 4.52. The van der Waals surface area contributed by atoms with E-state index in [2.05, 4.69) is 0 Å². The van der Waals surface area contributed by atoms with Crippen LogP contribution in [0.5, 0.6) is 0 Å². The zero-order chi connectivity index (χ0) is 11.9. The Bertz CT molecular complexity index is 183. The Morgan fingerprint density at radius 2 is 1.73 bits per heavy atom. The van der Waals surface area contributed by atoms with Crippen molar-refractivity contribution in [1.29, 1.82) is 0 Å². The molecule has 1 unspecified atom stereocenters. The molecule has 1 atom stereocenters. The van der Waals surface area contributed by atoms with Gasteiger partial charge in [-0.25, -0.2) is 0 Å². The highest BCUT2D eigenvalue weighted by atomic mass is 16.5. The molecule has 3 nitrogen and oxygen atoms in total. The Hall–Kier alpha value is -0.570. The highest BCUT2D eigenvalue weighted by Crippen LogP contribution is 2.29. The Morgan fingerprint density at radius 3 is 2.07 bits per heavy atom. The molecule has 0 fully saturated rings. The van der Waals surface area contributed by atoms with Crippen molar-refractivity contribution in [3.8, 4) is 0 Å². The van der Waals surface area contributed by atoms with Crippen molar-refractivity contribution in [2.45, 2.75) is 59.0 Å². The number of esters is 1. The lowest BCUT2D eigenvalue weighted by atomic mass is 9.81. The minimum atomic E-state index is -0.893. The second-order valence-corrected chi connectivity index (χ2v) is 4.08. The van der Waals surface area contributed by atoms with E-state index in [-0.39, 0.29) is 5.97 Å². The van der Waals surface area contributed by atoms with Crippen LogP contribution in [0.15, 0.2) is 0 Å². The number of carbonyl (C=O) groups excluding carboxylic acids is 1. The van der Waals surface area contributed by atoms with Crippen LogP contribution >= 0.6 is 0 Å². The first-order valence-corrected chi connectivity index (χ1v) is 5.90. The zero-order valence-corrected chi connectivity index (χ0v) is 10.4. The third-order valence-corrected chi connectivity index (χ3v) is 2.81. The first-order valence-electron chi connectivity index (χ1n) is 5.90. The Kier molecular flexibility index (Phi) is 6.57. The molecular weight excluding hydrogens is 192 g/mol. The van der Waals surface area contributed by atoms with E-state index < -0.39 is 11.5 Å².